The van der Waals surface area contributed by atoms with Gasteiger partial charge in [0.1, 0.15) is 0 Å². The first-order valence-electron chi connectivity index (χ1n) is 7.10. The van der Waals surface area contributed by atoms with Crippen LogP contribution in [0.2, 0.25) is 18.1 Å². The summed E-state index contributed by atoms with van der Waals surface area (Å²) in [5, 5.41) is 8.84. The lowest BCUT2D eigenvalue weighted by Crippen LogP contribution is -2.41. The van der Waals surface area contributed by atoms with Gasteiger partial charge in [0, 0.05) is 13.0 Å². The number of hydrogen-bond donors (Lipinski definition) is 1. The van der Waals surface area contributed by atoms with Crippen molar-refractivity contribution in [3.05, 3.63) is 0 Å². The molecule has 0 aliphatic heterocycles. The summed E-state index contributed by atoms with van der Waals surface area (Å²) < 4.78 is 6.11. The second kappa shape index (κ2) is 8.02. The first-order chi connectivity index (χ1) is 8.56. The molecule has 0 radical (unpaired) electrons. The van der Waals surface area contributed by atoms with Gasteiger partial charge in [-0.2, -0.15) is 0 Å². The minimum Gasteiger partial charge on any atom is -0.481 e. The van der Waals surface area contributed by atoms with Gasteiger partial charge in [0.25, 0.3) is 0 Å². The molecule has 0 aliphatic rings. The van der Waals surface area contributed by atoms with Gasteiger partial charge in [-0.05, 0) is 51.1 Å². The van der Waals surface area contributed by atoms with E-state index in [1.165, 1.54) is 0 Å². The lowest BCUT2D eigenvalue weighted by atomic mass is 10.2. The molecule has 0 unspecified atom stereocenters. The van der Waals surface area contributed by atoms with Crippen molar-refractivity contribution in [2.45, 2.75) is 58.2 Å². The third kappa shape index (κ3) is 8.39. The van der Waals surface area contributed by atoms with E-state index in [2.05, 4.69) is 38.8 Å². The number of nitrogens with zero attached hydrogens (tertiary/aromatic N) is 1. The van der Waals surface area contributed by atoms with Crippen molar-refractivity contribution < 1.29 is 14.3 Å². The van der Waals surface area contributed by atoms with Crippen molar-refractivity contribution in [3.63, 3.8) is 0 Å². The molecule has 4 nitrogen and oxygen atoms in total. The zero-order chi connectivity index (χ0) is 15.1. The number of carbonyl (C=O) groups is 1. The van der Waals surface area contributed by atoms with Crippen LogP contribution in [0.4, 0.5) is 0 Å². The Bertz CT molecular complexity index is 274. The highest BCUT2D eigenvalue weighted by atomic mass is 28.4. The smallest absolute Gasteiger partial charge is 0.303 e. The molecular formula is C14H31NO3Si. The molecule has 0 heterocycles. The fraction of sp³-hybridized carbons (Fsp3) is 0.929. The Balaban J connectivity index is 3.72. The largest absolute Gasteiger partial charge is 0.481 e. The summed E-state index contributed by atoms with van der Waals surface area (Å²) in [5.41, 5.74) is 0. The number of carboxylic acid groups (broad SMARTS) is 1. The molecule has 0 aromatic carbocycles. The molecule has 114 valence electrons. The molecule has 0 fully saturated rings. The van der Waals surface area contributed by atoms with Crippen molar-refractivity contribution >= 4 is 14.3 Å². The van der Waals surface area contributed by atoms with E-state index in [-0.39, 0.29) is 11.5 Å². The van der Waals surface area contributed by atoms with E-state index in [1.54, 1.807) is 0 Å². The number of carboxylic acids is 1. The maximum atomic E-state index is 10.4. The maximum absolute atomic E-state index is 10.4. The van der Waals surface area contributed by atoms with Crippen molar-refractivity contribution in [2.75, 3.05) is 26.7 Å². The van der Waals surface area contributed by atoms with E-state index in [1.807, 2.05) is 7.05 Å². The van der Waals surface area contributed by atoms with Crippen molar-refractivity contribution in [2.24, 2.45) is 0 Å². The average molecular weight is 289 g/mol. The Morgan fingerprint density at radius 3 is 2.21 bits per heavy atom. The minimum atomic E-state index is -1.61. The molecule has 0 atom stereocenters. The third-order valence-corrected chi connectivity index (χ3v) is 8.42. The topological polar surface area (TPSA) is 49.8 Å². The summed E-state index contributed by atoms with van der Waals surface area (Å²) in [7, 11) is 0.422. The molecule has 5 heteroatoms. The van der Waals surface area contributed by atoms with Crippen LogP contribution in [0.25, 0.3) is 0 Å². The van der Waals surface area contributed by atoms with Gasteiger partial charge in [-0.25, -0.2) is 0 Å². The Morgan fingerprint density at radius 1 is 1.21 bits per heavy atom. The quantitative estimate of drug-likeness (QED) is 0.523. The summed E-state index contributed by atoms with van der Waals surface area (Å²) in [6.45, 7) is 13.9. The molecule has 0 aromatic heterocycles. The summed E-state index contributed by atoms with van der Waals surface area (Å²) in [4.78, 5) is 12.6. The molecule has 19 heavy (non-hydrogen) atoms. The van der Waals surface area contributed by atoms with Crippen LogP contribution in [0, 0.1) is 0 Å². The first-order valence-corrected chi connectivity index (χ1v) is 10.0. The van der Waals surface area contributed by atoms with E-state index >= 15 is 0 Å². The molecule has 0 aromatic rings. The van der Waals surface area contributed by atoms with Crippen LogP contribution >= 0.6 is 0 Å². The van der Waals surface area contributed by atoms with Crippen molar-refractivity contribution in [1.82, 2.24) is 4.90 Å². The van der Waals surface area contributed by atoms with Gasteiger partial charge in [-0.15, -0.1) is 0 Å². The molecule has 0 spiro atoms. The maximum Gasteiger partial charge on any atom is 0.303 e. The van der Waals surface area contributed by atoms with Crippen LogP contribution in [-0.4, -0.2) is 51.0 Å². The predicted octanol–water partition coefficient (Wildman–Crippen LogP) is 3.19. The summed E-state index contributed by atoms with van der Waals surface area (Å²) in [6, 6.07) is 0. The molecule has 0 bridgehead atoms. The lowest BCUT2D eigenvalue weighted by Gasteiger charge is -2.36. The van der Waals surface area contributed by atoms with Gasteiger partial charge in [0.05, 0.1) is 0 Å². The summed E-state index contributed by atoms with van der Waals surface area (Å²) >= 11 is 0. The average Bonchev–Trinajstić information content (AvgIpc) is 2.22. The first kappa shape index (κ1) is 18.6. The van der Waals surface area contributed by atoms with Crippen LogP contribution in [-0.2, 0) is 9.22 Å². The Kier molecular flexibility index (Phi) is 7.85. The molecule has 0 amide bonds. The highest BCUT2D eigenvalue weighted by Gasteiger charge is 2.36. The van der Waals surface area contributed by atoms with Crippen LogP contribution in [0.5, 0.6) is 0 Å². The zero-order valence-electron chi connectivity index (χ0n) is 13.5. The Morgan fingerprint density at radius 2 is 1.74 bits per heavy atom. The summed E-state index contributed by atoms with van der Waals surface area (Å²) in [5.74, 6) is -0.713. The lowest BCUT2D eigenvalue weighted by molar-refractivity contribution is -0.137. The molecular weight excluding hydrogens is 258 g/mol. The highest BCUT2D eigenvalue weighted by molar-refractivity contribution is 6.74. The van der Waals surface area contributed by atoms with Crippen molar-refractivity contribution in [3.8, 4) is 0 Å². The molecule has 0 saturated heterocycles. The Hall–Kier alpha value is -0.393. The number of rotatable bonds is 9. The molecule has 0 saturated carbocycles. The van der Waals surface area contributed by atoms with Gasteiger partial charge >= 0.3 is 5.97 Å². The van der Waals surface area contributed by atoms with E-state index in [0.717, 1.165) is 32.5 Å². The van der Waals surface area contributed by atoms with Gasteiger partial charge in [-0.1, -0.05) is 20.8 Å². The zero-order valence-corrected chi connectivity index (χ0v) is 14.5. The van der Waals surface area contributed by atoms with E-state index in [9.17, 15) is 4.79 Å². The van der Waals surface area contributed by atoms with Crippen molar-refractivity contribution in [1.29, 1.82) is 0 Å². The minimum absolute atomic E-state index is 0.255. The van der Waals surface area contributed by atoms with Gasteiger partial charge in [0.2, 0.25) is 0 Å². The SMILES string of the molecule is CN(CCCO[Si](C)(C)C(C)(C)C)CCCC(=O)O. The fourth-order valence-electron chi connectivity index (χ4n) is 1.49. The number of aliphatic carboxylic acids is 1. The standard InChI is InChI=1S/C14H31NO3Si/c1-14(2,3)19(5,6)18-12-8-11-15(4)10-7-9-13(16)17/h7-12H2,1-6H3,(H,16,17). The predicted molar refractivity (Wildman–Crippen MR) is 82.1 cm³/mol. The summed E-state index contributed by atoms with van der Waals surface area (Å²) in [6.07, 6.45) is 1.98. The van der Waals surface area contributed by atoms with Crippen LogP contribution in [0.15, 0.2) is 0 Å². The highest BCUT2D eigenvalue weighted by Crippen LogP contribution is 2.36. The molecule has 0 rings (SSSR count). The monoisotopic (exact) mass is 289 g/mol. The van der Waals surface area contributed by atoms with Crippen LogP contribution < -0.4 is 0 Å². The van der Waals surface area contributed by atoms with E-state index in [0.29, 0.717) is 0 Å². The van der Waals surface area contributed by atoms with Crippen LogP contribution in [0.1, 0.15) is 40.0 Å². The van der Waals surface area contributed by atoms with E-state index < -0.39 is 14.3 Å². The second-order valence-corrected chi connectivity index (χ2v) is 11.6. The third-order valence-electron chi connectivity index (χ3n) is 3.88. The fourth-order valence-corrected chi connectivity index (χ4v) is 2.58. The Labute approximate surface area is 119 Å². The van der Waals surface area contributed by atoms with Gasteiger partial charge < -0.3 is 14.4 Å². The molecule has 0 aliphatic carbocycles. The second-order valence-electron chi connectivity index (χ2n) is 6.76. The van der Waals surface area contributed by atoms with E-state index in [4.69, 9.17) is 9.53 Å². The van der Waals surface area contributed by atoms with Crippen LogP contribution in [0.3, 0.4) is 0 Å². The van der Waals surface area contributed by atoms with Gasteiger partial charge in [0.15, 0.2) is 8.32 Å². The molecule has 1 N–H and O–H groups in total. The van der Waals surface area contributed by atoms with Gasteiger partial charge in [-0.3, -0.25) is 4.79 Å². The normalized spacial score (nSPS) is 13.0. The number of hydrogen-bond acceptors (Lipinski definition) is 3.